The van der Waals surface area contributed by atoms with E-state index in [0.717, 1.165) is 41.8 Å². The van der Waals surface area contributed by atoms with E-state index in [-0.39, 0.29) is 12.2 Å². The number of likely N-dealkylation sites (tertiary alicyclic amines) is 1. The Bertz CT molecular complexity index is 989. The highest BCUT2D eigenvalue weighted by Crippen LogP contribution is 2.22. The molecule has 1 saturated heterocycles. The molecule has 1 unspecified atom stereocenters. The van der Waals surface area contributed by atoms with Gasteiger partial charge in [0.25, 0.3) is 0 Å². The van der Waals surface area contributed by atoms with E-state index >= 15 is 0 Å². The number of amides is 1. The van der Waals surface area contributed by atoms with Crippen LogP contribution in [0.5, 0.6) is 0 Å². The van der Waals surface area contributed by atoms with E-state index in [2.05, 4.69) is 22.3 Å². The van der Waals surface area contributed by atoms with E-state index in [1.165, 1.54) is 49.9 Å². The van der Waals surface area contributed by atoms with Crippen molar-refractivity contribution in [1.29, 1.82) is 0 Å². The molecule has 2 aromatic carbocycles. The van der Waals surface area contributed by atoms with Crippen LogP contribution in [0.2, 0.25) is 0 Å². The number of benzene rings is 2. The van der Waals surface area contributed by atoms with Gasteiger partial charge in [-0.2, -0.15) is 0 Å². The predicted octanol–water partition coefficient (Wildman–Crippen LogP) is 3.28. The first-order chi connectivity index (χ1) is 14.7. The molecule has 0 bridgehead atoms. The number of hydrogen-bond acceptors (Lipinski definition) is 4. The standard InChI is InChI=1S/C23H30FN3O3S/c1-18(27(31(2,29)30)22-8-6-7-21(24)15-22)23(28)25-16-19-9-11-20(12-10-19)17-26-13-4-3-5-14-26/h6-12,15,18H,3-5,13-14,16-17H2,1-2H3,(H,25,28). The van der Waals surface area contributed by atoms with Crippen molar-refractivity contribution in [3.8, 4) is 0 Å². The second kappa shape index (κ2) is 10.2. The van der Waals surface area contributed by atoms with Crippen molar-refractivity contribution in [2.75, 3.05) is 23.7 Å². The minimum Gasteiger partial charge on any atom is -0.350 e. The van der Waals surface area contributed by atoms with Crippen LogP contribution in [-0.4, -0.2) is 44.6 Å². The average Bonchev–Trinajstić information content (AvgIpc) is 2.73. The molecule has 3 rings (SSSR count). The molecule has 0 radical (unpaired) electrons. The molecule has 1 heterocycles. The van der Waals surface area contributed by atoms with Crippen LogP contribution in [0.25, 0.3) is 0 Å². The number of halogens is 1. The van der Waals surface area contributed by atoms with E-state index in [1.54, 1.807) is 0 Å². The van der Waals surface area contributed by atoms with Gasteiger partial charge in [0.05, 0.1) is 11.9 Å². The highest BCUT2D eigenvalue weighted by atomic mass is 32.2. The summed E-state index contributed by atoms with van der Waals surface area (Å²) in [5, 5.41) is 2.79. The molecular weight excluding hydrogens is 417 g/mol. The fourth-order valence-corrected chi connectivity index (χ4v) is 5.06. The van der Waals surface area contributed by atoms with E-state index in [4.69, 9.17) is 0 Å². The van der Waals surface area contributed by atoms with Crippen molar-refractivity contribution in [3.05, 3.63) is 65.5 Å². The van der Waals surface area contributed by atoms with Crippen LogP contribution < -0.4 is 9.62 Å². The maximum atomic E-state index is 13.6. The third kappa shape index (κ3) is 6.51. The molecule has 1 fully saturated rings. The number of piperidine rings is 1. The fourth-order valence-electron chi connectivity index (χ4n) is 3.90. The molecule has 8 heteroatoms. The van der Waals surface area contributed by atoms with Gasteiger partial charge in [-0.15, -0.1) is 0 Å². The summed E-state index contributed by atoms with van der Waals surface area (Å²) < 4.78 is 39.1. The molecule has 31 heavy (non-hydrogen) atoms. The van der Waals surface area contributed by atoms with E-state index < -0.39 is 27.8 Å². The summed E-state index contributed by atoms with van der Waals surface area (Å²) in [5.41, 5.74) is 2.28. The van der Waals surface area contributed by atoms with Gasteiger partial charge in [-0.25, -0.2) is 12.8 Å². The Labute approximate surface area is 184 Å². The maximum Gasteiger partial charge on any atom is 0.243 e. The lowest BCUT2D eigenvalue weighted by Crippen LogP contribution is -2.47. The number of anilines is 1. The molecule has 1 amide bonds. The Morgan fingerprint density at radius 1 is 1.10 bits per heavy atom. The molecule has 1 aliphatic rings. The number of hydrogen-bond donors (Lipinski definition) is 1. The van der Waals surface area contributed by atoms with Crippen molar-refractivity contribution in [3.63, 3.8) is 0 Å². The SMILES string of the molecule is CC(C(=O)NCc1ccc(CN2CCCCC2)cc1)N(c1cccc(F)c1)S(C)(=O)=O. The monoisotopic (exact) mass is 447 g/mol. The molecule has 1 atom stereocenters. The summed E-state index contributed by atoms with van der Waals surface area (Å²) in [6.07, 6.45) is 4.82. The maximum absolute atomic E-state index is 13.6. The number of sulfonamides is 1. The Morgan fingerprint density at radius 2 is 1.74 bits per heavy atom. The van der Waals surface area contributed by atoms with Gasteiger partial charge in [0.1, 0.15) is 11.9 Å². The van der Waals surface area contributed by atoms with Gasteiger partial charge in [0.15, 0.2) is 0 Å². The largest absolute Gasteiger partial charge is 0.350 e. The first-order valence-corrected chi connectivity index (χ1v) is 12.4. The highest BCUT2D eigenvalue weighted by Gasteiger charge is 2.29. The summed E-state index contributed by atoms with van der Waals surface area (Å²) in [6, 6.07) is 12.3. The van der Waals surface area contributed by atoms with Gasteiger partial charge in [0.2, 0.25) is 15.9 Å². The number of carbonyl (C=O) groups excluding carboxylic acids is 1. The molecule has 1 aliphatic heterocycles. The first-order valence-electron chi connectivity index (χ1n) is 10.6. The number of carbonyl (C=O) groups is 1. The Kier molecular flexibility index (Phi) is 7.67. The fraction of sp³-hybridized carbons (Fsp3) is 0.435. The van der Waals surface area contributed by atoms with Crippen molar-refractivity contribution in [2.24, 2.45) is 0 Å². The lowest BCUT2D eigenvalue weighted by molar-refractivity contribution is -0.122. The lowest BCUT2D eigenvalue weighted by Gasteiger charge is -2.28. The Hall–Kier alpha value is -2.45. The van der Waals surface area contributed by atoms with E-state index in [0.29, 0.717) is 0 Å². The lowest BCUT2D eigenvalue weighted by atomic mass is 10.1. The molecule has 0 aromatic heterocycles. The van der Waals surface area contributed by atoms with Crippen molar-refractivity contribution in [2.45, 2.75) is 45.3 Å². The minimum absolute atomic E-state index is 0.118. The van der Waals surface area contributed by atoms with Gasteiger partial charge < -0.3 is 5.32 Å². The van der Waals surface area contributed by atoms with Gasteiger partial charge in [-0.05, 0) is 62.2 Å². The van der Waals surface area contributed by atoms with Crippen molar-refractivity contribution < 1.29 is 17.6 Å². The molecule has 0 spiro atoms. The van der Waals surface area contributed by atoms with Crippen LogP contribution in [0, 0.1) is 5.82 Å². The van der Waals surface area contributed by atoms with Gasteiger partial charge in [-0.1, -0.05) is 36.8 Å². The average molecular weight is 448 g/mol. The van der Waals surface area contributed by atoms with Crippen molar-refractivity contribution in [1.82, 2.24) is 10.2 Å². The van der Waals surface area contributed by atoms with Gasteiger partial charge in [-0.3, -0.25) is 14.0 Å². The van der Waals surface area contributed by atoms with Crippen LogP contribution >= 0.6 is 0 Å². The summed E-state index contributed by atoms with van der Waals surface area (Å²) in [4.78, 5) is 15.1. The third-order valence-corrected chi connectivity index (χ3v) is 6.74. The van der Waals surface area contributed by atoms with Gasteiger partial charge >= 0.3 is 0 Å². The van der Waals surface area contributed by atoms with Crippen LogP contribution in [0.1, 0.15) is 37.3 Å². The number of rotatable bonds is 8. The topological polar surface area (TPSA) is 69.7 Å². The Morgan fingerprint density at radius 3 is 2.35 bits per heavy atom. The molecule has 0 saturated carbocycles. The molecular formula is C23H30FN3O3S. The highest BCUT2D eigenvalue weighted by molar-refractivity contribution is 7.92. The van der Waals surface area contributed by atoms with E-state index in [9.17, 15) is 17.6 Å². The normalized spacial score (nSPS) is 16.0. The summed E-state index contributed by atoms with van der Waals surface area (Å²) in [5.74, 6) is -1.02. The second-order valence-electron chi connectivity index (χ2n) is 8.09. The zero-order chi connectivity index (χ0) is 22.4. The number of nitrogens with zero attached hydrogens (tertiary/aromatic N) is 2. The molecule has 1 N–H and O–H groups in total. The molecule has 0 aliphatic carbocycles. The third-order valence-electron chi connectivity index (χ3n) is 5.50. The quantitative estimate of drug-likeness (QED) is 0.674. The summed E-state index contributed by atoms with van der Waals surface area (Å²) in [6.45, 7) is 4.98. The van der Waals surface area contributed by atoms with E-state index in [1.807, 2.05) is 12.1 Å². The molecule has 6 nitrogen and oxygen atoms in total. The minimum atomic E-state index is -3.78. The van der Waals surface area contributed by atoms with Crippen LogP contribution in [-0.2, 0) is 27.9 Å². The summed E-state index contributed by atoms with van der Waals surface area (Å²) in [7, 11) is -3.78. The predicted molar refractivity (Wildman–Crippen MR) is 121 cm³/mol. The van der Waals surface area contributed by atoms with Crippen molar-refractivity contribution >= 4 is 21.6 Å². The first kappa shape index (κ1) is 23.2. The van der Waals surface area contributed by atoms with Crippen LogP contribution in [0.4, 0.5) is 10.1 Å². The summed E-state index contributed by atoms with van der Waals surface area (Å²) >= 11 is 0. The Balaban J connectivity index is 1.60. The molecule has 168 valence electrons. The zero-order valence-corrected chi connectivity index (χ0v) is 18.9. The van der Waals surface area contributed by atoms with Crippen LogP contribution in [0.15, 0.2) is 48.5 Å². The van der Waals surface area contributed by atoms with Gasteiger partial charge in [0, 0.05) is 13.1 Å². The zero-order valence-electron chi connectivity index (χ0n) is 18.1. The second-order valence-corrected chi connectivity index (χ2v) is 9.95. The molecule has 2 aromatic rings. The van der Waals surface area contributed by atoms with Crippen LogP contribution in [0.3, 0.4) is 0 Å². The smallest absolute Gasteiger partial charge is 0.243 e. The number of nitrogens with one attached hydrogen (secondary N) is 1.